The third-order valence-corrected chi connectivity index (χ3v) is 5.69. The number of sulfonamides is 1. The minimum atomic E-state index is -3.43. The van der Waals surface area contributed by atoms with Gasteiger partial charge >= 0.3 is 0 Å². The van der Waals surface area contributed by atoms with E-state index in [9.17, 15) is 8.42 Å². The molecule has 8 nitrogen and oxygen atoms in total. The van der Waals surface area contributed by atoms with Crippen molar-refractivity contribution in [1.29, 1.82) is 0 Å². The Morgan fingerprint density at radius 1 is 1.19 bits per heavy atom. The number of pyridine rings is 1. The zero-order chi connectivity index (χ0) is 18.9. The normalized spacial score (nSPS) is 14.3. The second-order valence-corrected chi connectivity index (χ2v) is 8.15. The number of anilines is 1. The Kier molecular flexibility index (Phi) is 4.63. The molecule has 2 heterocycles. The molecule has 0 aliphatic heterocycles. The van der Waals surface area contributed by atoms with Crippen LogP contribution in [0.5, 0.6) is 0 Å². The summed E-state index contributed by atoms with van der Waals surface area (Å²) in [4.78, 5) is 8.84. The summed E-state index contributed by atoms with van der Waals surface area (Å²) in [7, 11) is -3.43. The highest BCUT2D eigenvalue weighted by atomic mass is 32.2. The van der Waals surface area contributed by atoms with E-state index >= 15 is 0 Å². The van der Waals surface area contributed by atoms with Crippen LogP contribution >= 0.6 is 0 Å². The van der Waals surface area contributed by atoms with E-state index in [4.69, 9.17) is 4.52 Å². The van der Waals surface area contributed by atoms with Gasteiger partial charge in [-0.3, -0.25) is 0 Å². The molecule has 0 bridgehead atoms. The van der Waals surface area contributed by atoms with E-state index in [0.29, 0.717) is 29.6 Å². The highest BCUT2D eigenvalue weighted by Crippen LogP contribution is 2.25. The van der Waals surface area contributed by atoms with Crippen molar-refractivity contribution >= 4 is 15.8 Å². The summed E-state index contributed by atoms with van der Waals surface area (Å²) in [6, 6.07) is 10.5. The lowest BCUT2D eigenvalue weighted by molar-refractivity contribution is 0.425. The summed E-state index contributed by atoms with van der Waals surface area (Å²) in [5.74, 6) is 1.57. The second-order valence-electron chi connectivity index (χ2n) is 6.44. The summed E-state index contributed by atoms with van der Waals surface area (Å²) in [6.45, 7) is 2.23. The lowest BCUT2D eigenvalue weighted by Crippen LogP contribution is -2.25. The Bertz CT molecular complexity index is 1040. The molecule has 2 aromatic heterocycles. The molecule has 1 fully saturated rings. The van der Waals surface area contributed by atoms with Crippen LogP contribution in [0.3, 0.4) is 0 Å². The van der Waals surface area contributed by atoms with E-state index < -0.39 is 10.0 Å². The van der Waals surface area contributed by atoms with Gasteiger partial charge in [0.25, 0.3) is 5.89 Å². The third-order valence-electron chi connectivity index (χ3n) is 4.16. The lowest BCUT2D eigenvalue weighted by Gasteiger charge is -2.10. The van der Waals surface area contributed by atoms with Gasteiger partial charge in [0.2, 0.25) is 10.0 Å². The number of aryl methyl sites for hydroxylation is 1. The van der Waals surface area contributed by atoms with Crippen molar-refractivity contribution in [1.82, 2.24) is 19.8 Å². The molecule has 140 valence electrons. The monoisotopic (exact) mass is 385 g/mol. The van der Waals surface area contributed by atoms with Gasteiger partial charge in [-0.05, 0) is 49.6 Å². The fourth-order valence-corrected chi connectivity index (χ4v) is 3.89. The van der Waals surface area contributed by atoms with E-state index in [0.717, 1.165) is 18.4 Å². The quantitative estimate of drug-likeness (QED) is 0.643. The van der Waals surface area contributed by atoms with Crippen LogP contribution in [0.4, 0.5) is 5.82 Å². The number of aromatic nitrogens is 3. The minimum Gasteiger partial charge on any atom is -0.365 e. The number of rotatable bonds is 7. The van der Waals surface area contributed by atoms with Crippen molar-refractivity contribution in [2.24, 2.45) is 0 Å². The summed E-state index contributed by atoms with van der Waals surface area (Å²) < 4.78 is 32.3. The van der Waals surface area contributed by atoms with Crippen LogP contribution in [0.15, 0.2) is 52.0 Å². The average molecular weight is 385 g/mol. The van der Waals surface area contributed by atoms with Gasteiger partial charge in [-0.1, -0.05) is 17.3 Å². The first-order valence-corrected chi connectivity index (χ1v) is 10.1. The molecular formula is C18H19N5O3S. The van der Waals surface area contributed by atoms with Crippen LogP contribution < -0.4 is 10.0 Å². The molecule has 0 saturated heterocycles. The zero-order valence-corrected chi connectivity index (χ0v) is 15.5. The Morgan fingerprint density at radius 2 is 1.96 bits per heavy atom. The topological polar surface area (TPSA) is 110 Å². The SMILES string of the molecule is Cc1noc(-c2cccnc2NCc2ccc(S(=O)(=O)NC3CC3)cc2)n1. The smallest absolute Gasteiger partial charge is 0.261 e. The first-order chi connectivity index (χ1) is 13.0. The fourth-order valence-electron chi connectivity index (χ4n) is 2.59. The third kappa shape index (κ3) is 4.15. The maximum absolute atomic E-state index is 12.2. The van der Waals surface area contributed by atoms with Crippen molar-refractivity contribution in [2.45, 2.75) is 37.2 Å². The highest BCUT2D eigenvalue weighted by molar-refractivity contribution is 7.89. The van der Waals surface area contributed by atoms with Crippen LogP contribution in [0.2, 0.25) is 0 Å². The molecule has 0 unspecified atom stereocenters. The van der Waals surface area contributed by atoms with Crippen molar-refractivity contribution in [3.05, 3.63) is 54.0 Å². The predicted octanol–water partition coefficient (Wildman–Crippen LogP) is 2.49. The van der Waals surface area contributed by atoms with Crippen molar-refractivity contribution < 1.29 is 12.9 Å². The molecule has 1 aliphatic carbocycles. The molecule has 0 radical (unpaired) electrons. The van der Waals surface area contributed by atoms with Crippen molar-refractivity contribution in [3.63, 3.8) is 0 Å². The van der Waals surface area contributed by atoms with E-state index in [1.165, 1.54) is 0 Å². The van der Waals surface area contributed by atoms with Crippen molar-refractivity contribution in [3.8, 4) is 11.5 Å². The van der Waals surface area contributed by atoms with Crippen LogP contribution in [-0.2, 0) is 16.6 Å². The van der Waals surface area contributed by atoms with Gasteiger partial charge in [-0.2, -0.15) is 4.98 Å². The molecule has 9 heteroatoms. The second kappa shape index (κ2) is 7.09. The van der Waals surface area contributed by atoms with E-state index in [1.54, 1.807) is 43.5 Å². The molecule has 4 rings (SSSR count). The van der Waals surface area contributed by atoms with Crippen LogP contribution in [0, 0.1) is 6.92 Å². The number of hydrogen-bond donors (Lipinski definition) is 2. The van der Waals surface area contributed by atoms with Crippen molar-refractivity contribution in [2.75, 3.05) is 5.32 Å². The van der Waals surface area contributed by atoms with E-state index in [1.807, 2.05) is 6.07 Å². The largest absolute Gasteiger partial charge is 0.365 e. The van der Waals surface area contributed by atoms with Gasteiger partial charge in [-0.25, -0.2) is 18.1 Å². The predicted molar refractivity (Wildman–Crippen MR) is 99.4 cm³/mol. The number of nitrogens with one attached hydrogen (secondary N) is 2. The summed E-state index contributed by atoms with van der Waals surface area (Å²) in [5.41, 5.74) is 1.64. The molecule has 1 aromatic carbocycles. The molecule has 3 aromatic rings. The Morgan fingerprint density at radius 3 is 2.63 bits per heavy atom. The summed E-state index contributed by atoms with van der Waals surface area (Å²) in [6.07, 6.45) is 3.49. The van der Waals surface area contributed by atoms with Crippen LogP contribution in [-0.4, -0.2) is 29.6 Å². The van der Waals surface area contributed by atoms with Crippen LogP contribution in [0.1, 0.15) is 24.2 Å². The van der Waals surface area contributed by atoms with Gasteiger partial charge in [0.1, 0.15) is 5.82 Å². The van der Waals surface area contributed by atoms with Gasteiger partial charge in [0.05, 0.1) is 10.5 Å². The maximum atomic E-state index is 12.2. The van der Waals surface area contributed by atoms with Gasteiger partial charge in [0.15, 0.2) is 5.82 Å². The summed E-state index contributed by atoms with van der Waals surface area (Å²) in [5, 5.41) is 7.04. The molecule has 0 atom stereocenters. The molecular weight excluding hydrogens is 366 g/mol. The zero-order valence-electron chi connectivity index (χ0n) is 14.7. The Balaban J connectivity index is 1.46. The average Bonchev–Trinajstić information content (AvgIpc) is 3.36. The number of hydrogen-bond acceptors (Lipinski definition) is 7. The molecule has 1 aliphatic rings. The first kappa shape index (κ1) is 17.6. The van der Waals surface area contributed by atoms with Gasteiger partial charge < -0.3 is 9.84 Å². The molecule has 1 saturated carbocycles. The Hall–Kier alpha value is -2.78. The molecule has 0 amide bonds. The van der Waals surface area contributed by atoms with E-state index in [-0.39, 0.29) is 10.9 Å². The number of nitrogens with zero attached hydrogens (tertiary/aromatic N) is 3. The summed E-state index contributed by atoms with van der Waals surface area (Å²) >= 11 is 0. The van der Waals surface area contributed by atoms with Crippen LogP contribution in [0.25, 0.3) is 11.5 Å². The first-order valence-electron chi connectivity index (χ1n) is 8.62. The maximum Gasteiger partial charge on any atom is 0.261 e. The molecule has 2 N–H and O–H groups in total. The van der Waals surface area contributed by atoms with E-state index in [2.05, 4.69) is 25.2 Å². The molecule has 27 heavy (non-hydrogen) atoms. The lowest BCUT2D eigenvalue weighted by atomic mass is 10.2. The standard InChI is InChI=1S/C18H19N5O3S/c1-12-21-18(26-22-12)16-3-2-10-19-17(16)20-11-13-4-8-15(9-5-13)27(24,25)23-14-6-7-14/h2-5,8-10,14,23H,6-7,11H2,1H3,(H,19,20). The number of benzene rings is 1. The minimum absolute atomic E-state index is 0.0901. The molecule has 0 spiro atoms. The van der Waals surface area contributed by atoms with Gasteiger partial charge in [0, 0.05) is 18.8 Å². The highest BCUT2D eigenvalue weighted by Gasteiger charge is 2.27. The Labute approximate surface area is 157 Å². The fraction of sp³-hybridized carbons (Fsp3) is 0.278. The van der Waals surface area contributed by atoms with Gasteiger partial charge in [-0.15, -0.1) is 0 Å².